The number of hydrogen-bond acceptors (Lipinski definition) is 2. The predicted molar refractivity (Wildman–Crippen MR) is 82.9 cm³/mol. The van der Waals surface area contributed by atoms with E-state index in [1.165, 1.54) is 6.07 Å². The van der Waals surface area contributed by atoms with Gasteiger partial charge in [-0.05, 0) is 41.5 Å². The molecule has 0 saturated carbocycles. The molecule has 0 fully saturated rings. The van der Waals surface area contributed by atoms with Crippen LogP contribution in [0.3, 0.4) is 0 Å². The lowest BCUT2D eigenvalue weighted by Crippen LogP contribution is -2.02. The summed E-state index contributed by atoms with van der Waals surface area (Å²) < 4.78 is 37.2. The zero-order valence-corrected chi connectivity index (χ0v) is 12.9. The van der Waals surface area contributed by atoms with Gasteiger partial charge in [-0.25, -0.2) is 8.78 Å². The van der Waals surface area contributed by atoms with Gasteiger partial charge in [0.05, 0.1) is 0 Å². The molecule has 2 rings (SSSR count). The fourth-order valence-corrected chi connectivity index (χ4v) is 2.81. The van der Waals surface area contributed by atoms with Crippen molar-refractivity contribution in [2.45, 2.75) is 12.3 Å². The first-order valence-corrected chi connectivity index (χ1v) is 8.32. The smallest absolute Gasteiger partial charge is 0.159 e. The zero-order valence-electron chi connectivity index (χ0n) is 11.3. The van der Waals surface area contributed by atoms with E-state index in [1.807, 2.05) is 6.07 Å². The third-order valence-corrected chi connectivity index (χ3v) is 3.97. The van der Waals surface area contributed by atoms with E-state index in [-0.39, 0.29) is 0 Å². The topological polar surface area (TPSA) is 29.1 Å². The standard InChI is InChI=1S/C15H14ClF2NOS/c1-21(20)9-11-7-12(3-4-13(11)16)19-8-10-2-5-14(17)15(18)6-10/h2-7,19H,8-9H2,1H3. The molecular formula is C15H14ClF2NOS. The minimum atomic E-state index is -0.984. The van der Waals surface area contributed by atoms with E-state index in [9.17, 15) is 13.0 Å². The Morgan fingerprint density at radius 3 is 2.57 bits per heavy atom. The Hall–Kier alpha value is -1.46. The maximum absolute atomic E-state index is 13.1. The Morgan fingerprint density at radius 1 is 1.14 bits per heavy atom. The molecule has 112 valence electrons. The van der Waals surface area contributed by atoms with E-state index in [1.54, 1.807) is 18.4 Å². The van der Waals surface area contributed by atoms with Gasteiger partial charge in [-0.2, -0.15) is 0 Å². The van der Waals surface area contributed by atoms with E-state index in [4.69, 9.17) is 11.6 Å². The van der Waals surface area contributed by atoms with Gasteiger partial charge in [0.25, 0.3) is 0 Å². The maximum Gasteiger partial charge on any atom is 0.159 e. The first-order valence-electron chi connectivity index (χ1n) is 6.22. The zero-order chi connectivity index (χ0) is 15.4. The van der Waals surface area contributed by atoms with E-state index < -0.39 is 22.4 Å². The molecule has 0 amide bonds. The largest absolute Gasteiger partial charge is 0.381 e. The summed E-state index contributed by atoms with van der Waals surface area (Å²) in [5.41, 5.74) is 2.20. The quantitative estimate of drug-likeness (QED) is 0.894. The van der Waals surface area contributed by atoms with Crippen molar-refractivity contribution >= 4 is 28.1 Å². The number of halogens is 3. The molecule has 1 unspecified atom stereocenters. The number of anilines is 1. The number of benzene rings is 2. The van der Waals surface area contributed by atoms with E-state index in [0.717, 1.165) is 23.4 Å². The van der Waals surface area contributed by atoms with Crippen LogP contribution in [0.4, 0.5) is 14.5 Å². The van der Waals surface area contributed by atoms with Gasteiger partial charge in [0.15, 0.2) is 11.6 Å². The fraction of sp³-hybridized carbons (Fsp3) is 0.200. The molecule has 2 aromatic carbocycles. The van der Waals surface area contributed by atoms with Gasteiger partial charge in [-0.1, -0.05) is 17.7 Å². The molecule has 0 aliphatic carbocycles. The van der Waals surface area contributed by atoms with Crippen LogP contribution >= 0.6 is 11.6 Å². The molecule has 1 N–H and O–H groups in total. The summed E-state index contributed by atoms with van der Waals surface area (Å²) in [5, 5.41) is 3.66. The highest BCUT2D eigenvalue weighted by atomic mass is 35.5. The average Bonchev–Trinajstić information content (AvgIpc) is 2.43. The van der Waals surface area contributed by atoms with Gasteiger partial charge in [-0.15, -0.1) is 0 Å². The molecule has 2 aromatic rings. The van der Waals surface area contributed by atoms with Crippen LogP contribution in [0.15, 0.2) is 36.4 Å². The second kappa shape index (κ2) is 7.00. The van der Waals surface area contributed by atoms with E-state index in [0.29, 0.717) is 22.9 Å². The molecular weight excluding hydrogens is 316 g/mol. The Balaban J connectivity index is 2.09. The second-order valence-electron chi connectivity index (χ2n) is 4.63. The Labute approximate surface area is 129 Å². The normalized spacial score (nSPS) is 12.2. The fourth-order valence-electron chi connectivity index (χ4n) is 1.87. The summed E-state index contributed by atoms with van der Waals surface area (Å²) in [4.78, 5) is 0. The highest BCUT2D eigenvalue weighted by molar-refractivity contribution is 7.83. The van der Waals surface area contributed by atoms with Crippen molar-refractivity contribution in [1.29, 1.82) is 0 Å². The third-order valence-electron chi connectivity index (χ3n) is 2.89. The summed E-state index contributed by atoms with van der Waals surface area (Å²) >= 11 is 6.04. The highest BCUT2D eigenvalue weighted by Crippen LogP contribution is 2.22. The second-order valence-corrected chi connectivity index (χ2v) is 6.47. The third kappa shape index (κ3) is 4.51. The highest BCUT2D eigenvalue weighted by Gasteiger charge is 2.06. The molecule has 6 heteroatoms. The van der Waals surface area contributed by atoms with Crippen LogP contribution in [0.25, 0.3) is 0 Å². The van der Waals surface area contributed by atoms with Crippen molar-refractivity contribution in [3.63, 3.8) is 0 Å². The van der Waals surface area contributed by atoms with E-state index >= 15 is 0 Å². The van der Waals surface area contributed by atoms with Crippen molar-refractivity contribution in [1.82, 2.24) is 0 Å². The Kier molecular flexibility index (Phi) is 5.31. The summed E-state index contributed by atoms with van der Waals surface area (Å²) in [7, 11) is -0.984. The van der Waals surface area contributed by atoms with Gasteiger partial charge in [0.1, 0.15) is 0 Å². The molecule has 0 aromatic heterocycles. The Morgan fingerprint density at radius 2 is 1.90 bits per heavy atom. The van der Waals surface area contributed by atoms with Crippen LogP contribution in [0, 0.1) is 11.6 Å². The molecule has 0 aliphatic heterocycles. The van der Waals surface area contributed by atoms with Crippen LogP contribution in [0.2, 0.25) is 5.02 Å². The van der Waals surface area contributed by atoms with Crippen LogP contribution in [-0.2, 0) is 23.1 Å². The summed E-state index contributed by atoms with van der Waals surface area (Å²) in [6, 6.07) is 9.08. The van der Waals surface area contributed by atoms with Gasteiger partial charge in [0, 0.05) is 40.1 Å². The summed E-state index contributed by atoms with van der Waals surface area (Å²) in [6.07, 6.45) is 1.61. The molecule has 0 radical (unpaired) electrons. The van der Waals surface area contributed by atoms with Crippen LogP contribution < -0.4 is 5.32 Å². The van der Waals surface area contributed by atoms with Gasteiger partial charge in [0.2, 0.25) is 0 Å². The lowest BCUT2D eigenvalue weighted by Gasteiger charge is -2.10. The first-order chi connectivity index (χ1) is 9.95. The molecule has 0 aliphatic rings. The van der Waals surface area contributed by atoms with Crippen molar-refractivity contribution in [2.75, 3.05) is 11.6 Å². The lowest BCUT2D eigenvalue weighted by atomic mass is 10.2. The van der Waals surface area contributed by atoms with Crippen molar-refractivity contribution in [3.8, 4) is 0 Å². The number of hydrogen-bond donors (Lipinski definition) is 1. The molecule has 0 heterocycles. The molecule has 2 nitrogen and oxygen atoms in total. The number of nitrogens with one attached hydrogen (secondary N) is 1. The number of rotatable bonds is 5. The van der Waals surface area contributed by atoms with Crippen molar-refractivity contribution < 1.29 is 13.0 Å². The van der Waals surface area contributed by atoms with Gasteiger partial charge < -0.3 is 5.32 Å². The SMILES string of the molecule is CS(=O)Cc1cc(NCc2ccc(F)c(F)c2)ccc1Cl. The van der Waals surface area contributed by atoms with Crippen LogP contribution in [-0.4, -0.2) is 10.5 Å². The molecule has 1 atom stereocenters. The minimum absolute atomic E-state index is 0.355. The molecule has 0 bridgehead atoms. The lowest BCUT2D eigenvalue weighted by molar-refractivity contribution is 0.507. The van der Waals surface area contributed by atoms with Crippen LogP contribution in [0.5, 0.6) is 0 Å². The van der Waals surface area contributed by atoms with Crippen LogP contribution in [0.1, 0.15) is 11.1 Å². The summed E-state index contributed by atoms with van der Waals surface area (Å²) in [5.74, 6) is -1.36. The Bertz CT molecular complexity index is 679. The summed E-state index contributed by atoms with van der Waals surface area (Å²) in [6.45, 7) is 0.355. The average molecular weight is 330 g/mol. The van der Waals surface area contributed by atoms with Crippen molar-refractivity contribution in [3.05, 3.63) is 64.2 Å². The molecule has 21 heavy (non-hydrogen) atoms. The van der Waals surface area contributed by atoms with Gasteiger partial charge >= 0.3 is 0 Å². The molecule has 0 spiro atoms. The van der Waals surface area contributed by atoms with E-state index in [2.05, 4.69) is 5.32 Å². The predicted octanol–water partition coefficient (Wildman–Crippen LogP) is 4.11. The maximum atomic E-state index is 13.1. The monoisotopic (exact) mass is 329 g/mol. The van der Waals surface area contributed by atoms with Crippen molar-refractivity contribution in [2.24, 2.45) is 0 Å². The first kappa shape index (κ1) is 15.9. The molecule has 0 saturated heterocycles. The van der Waals surface area contributed by atoms with Gasteiger partial charge in [-0.3, -0.25) is 4.21 Å². The minimum Gasteiger partial charge on any atom is -0.381 e.